The van der Waals surface area contributed by atoms with Crippen LogP contribution in [0.4, 0.5) is 5.69 Å². The number of hydrogen-bond donors (Lipinski definition) is 2. The summed E-state index contributed by atoms with van der Waals surface area (Å²) in [6.45, 7) is 0.658. The van der Waals surface area contributed by atoms with Gasteiger partial charge in [0.2, 0.25) is 0 Å². The smallest absolute Gasteiger partial charge is 0.320 e. The molecule has 0 fully saturated rings. The number of likely N-dealkylation sites (N-methyl/N-ethyl adjacent to an activating group) is 1. The summed E-state index contributed by atoms with van der Waals surface area (Å²) in [5, 5.41) is 11.7. The van der Waals surface area contributed by atoms with Crippen LogP contribution in [0.25, 0.3) is 0 Å². The van der Waals surface area contributed by atoms with E-state index >= 15 is 0 Å². The molecule has 0 aliphatic rings. The van der Waals surface area contributed by atoms with Gasteiger partial charge in [0, 0.05) is 25.3 Å². The average Bonchev–Trinajstić information content (AvgIpc) is 2.38. The van der Waals surface area contributed by atoms with Crippen molar-refractivity contribution in [2.45, 2.75) is 12.5 Å². The lowest BCUT2D eigenvalue weighted by Gasteiger charge is -2.21. The van der Waals surface area contributed by atoms with E-state index < -0.39 is 12.0 Å². The topological polar surface area (TPSA) is 61.8 Å². The monoisotopic (exact) mass is 252 g/mol. The van der Waals surface area contributed by atoms with E-state index in [4.69, 9.17) is 9.84 Å². The number of ether oxygens (including phenoxy) is 1. The zero-order chi connectivity index (χ0) is 13.5. The van der Waals surface area contributed by atoms with Crippen LogP contribution in [0.1, 0.15) is 6.42 Å². The fraction of sp³-hybridized carbons (Fsp3) is 0.462. The minimum Gasteiger partial charge on any atom is -0.497 e. The Morgan fingerprint density at radius 2 is 2.28 bits per heavy atom. The number of anilines is 1. The minimum absolute atomic E-state index is 0.516. The number of nitrogens with zero attached hydrogens (tertiary/aromatic N) is 1. The zero-order valence-corrected chi connectivity index (χ0v) is 11.0. The number of aliphatic carboxylic acids is 1. The fourth-order valence-corrected chi connectivity index (χ4v) is 1.69. The van der Waals surface area contributed by atoms with E-state index in [1.807, 2.05) is 36.2 Å². The quantitative estimate of drug-likeness (QED) is 0.763. The molecule has 0 saturated heterocycles. The van der Waals surface area contributed by atoms with Gasteiger partial charge < -0.3 is 20.1 Å². The normalized spacial score (nSPS) is 11.9. The molecule has 0 aliphatic carbocycles. The molecule has 1 unspecified atom stereocenters. The first-order valence-electron chi connectivity index (χ1n) is 5.83. The SMILES string of the molecule is CNC(CCN(C)c1cccc(OC)c1)C(=O)O. The third-order valence-electron chi connectivity index (χ3n) is 2.89. The lowest BCUT2D eigenvalue weighted by molar-refractivity contribution is -0.139. The highest BCUT2D eigenvalue weighted by atomic mass is 16.5. The van der Waals surface area contributed by atoms with Crippen LogP contribution < -0.4 is 15.0 Å². The molecule has 0 aromatic heterocycles. The van der Waals surface area contributed by atoms with Crippen LogP contribution in [0.2, 0.25) is 0 Å². The van der Waals surface area contributed by atoms with Crippen LogP contribution >= 0.6 is 0 Å². The highest BCUT2D eigenvalue weighted by Gasteiger charge is 2.15. The number of rotatable bonds is 7. The Bertz CT molecular complexity index is 396. The lowest BCUT2D eigenvalue weighted by atomic mass is 10.2. The van der Waals surface area contributed by atoms with E-state index in [0.717, 1.165) is 11.4 Å². The maximum Gasteiger partial charge on any atom is 0.320 e. The molecule has 2 N–H and O–H groups in total. The molecule has 1 aromatic rings. The van der Waals surface area contributed by atoms with Gasteiger partial charge in [-0.1, -0.05) is 6.07 Å². The van der Waals surface area contributed by atoms with E-state index in [1.165, 1.54) is 0 Å². The molecule has 5 heteroatoms. The number of benzene rings is 1. The number of carboxylic acids is 1. The average molecular weight is 252 g/mol. The minimum atomic E-state index is -0.823. The molecule has 0 aliphatic heterocycles. The molecule has 0 saturated carbocycles. The molecule has 0 bridgehead atoms. The predicted octanol–water partition coefficient (Wildman–Crippen LogP) is 1.19. The third kappa shape index (κ3) is 3.92. The van der Waals surface area contributed by atoms with Gasteiger partial charge >= 0.3 is 5.97 Å². The summed E-state index contributed by atoms with van der Waals surface area (Å²) in [4.78, 5) is 12.9. The van der Waals surface area contributed by atoms with Crippen LogP contribution in [-0.2, 0) is 4.79 Å². The molecule has 1 atom stereocenters. The molecule has 0 spiro atoms. The second-order valence-electron chi connectivity index (χ2n) is 4.09. The van der Waals surface area contributed by atoms with Gasteiger partial charge in [0.05, 0.1) is 7.11 Å². The summed E-state index contributed by atoms with van der Waals surface area (Å²) >= 11 is 0. The summed E-state index contributed by atoms with van der Waals surface area (Å²) in [7, 11) is 5.22. The van der Waals surface area contributed by atoms with Crippen molar-refractivity contribution in [2.75, 3.05) is 32.6 Å². The fourth-order valence-electron chi connectivity index (χ4n) is 1.69. The zero-order valence-electron chi connectivity index (χ0n) is 11.0. The van der Waals surface area contributed by atoms with E-state index in [1.54, 1.807) is 14.2 Å². The van der Waals surface area contributed by atoms with Crippen molar-refractivity contribution in [2.24, 2.45) is 0 Å². The van der Waals surface area contributed by atoms with Gasteiger partial charge in [0.25, 0.3) is 0 Å². The van der Waals surface area contributed by atoms with Crippen molar-refractivity contribution in [3.05, 3.63) is 24.3 Å². The van der Waals surface area contributed by atoms with Crippen molar-refractivity contribution < 1.29 is 14.6 Å². The second-order valence-corrected chi connectivity index (χ2v) is 4.09. The van der Waals surface area contributed by atoms with E-state index in [-0.39, 0.29) is 0 Å². The first kappa shape index (κ1) is 14.3. The highest BCUT2D eigenvalue weighted by molar-refractivity contribution is 5.73. The molecule has 0 amide bonds. The van der Waals surface area contributed by atoms with Crippen LogP contribution in [0.15, 0.2) is 24.3 Å². The Morgan fingerprint density at radius 3 is 2.83 bits per heavy atom. The van der Waals surface area contributed by atoms with Crippen molar-refractivity contribution >= 4 is 11.7 Å². The van der Waals surface area contributed by atoms with E-state index in [9.17, 15) is 4.79 Å². The first-order valence-corrected chi connectivity index (χ1v) is 5.83. The van der Waals surface area contributed by atoms with Gasteiger partial charge in [-0.3, -0.25) is 4.79 Å². The number of hydrogen-bond acceptors (Lipinski definition) is 4. The van der Waals surface area contributed by atoms with Crippen molar-refractivity contribution in [1.29, 1.82) is 0 Å². The summed E-state index contributed by atoms with van der Waals surface area (Å²) in [6.07, 6.45) is 0.541. The molecular weight excluding hydrogens is 232 g/mol. The molecule has 1 aromatic carbocycles. The van der Waals surface area contributed by atoms with Gasteiger partial charge in [-0.15, -0.1) is 0 Å². The van der Waals surface area contributed by atoms with Gasteiger partial charge in [0.1, 0.15) is 11.8 Å². The molecule has 5 nitrogen and oxygen atoms in total. The molecular formula is C13H20N2O3. The molecule has 1 rings (SSSR count). The number of methoxy groups -OCH3 is 1. The summed E-state index contributed by atoms with van der Waals surface area (Å²) in [5.41, 5.74) is 1.01. The largest absolute Gasteiger partial charge is 0.497 e. The van der Waals surface area contributed by atoms with Crippen LogP contribution in [0.5, 0.6) is 5.75 Å². The van der Waals surface area contributed by atoms with Crippen molar-refractivity contribution in [3.63, 3.8) is 0 Å². The molecule has 0 heterocycles. The van der Waals surface area contributed by atoms with Gasteiger partial charge in [-0.25, -0.2) is 0 Å². The second kappa shape index (κ2) is 6.86. The van der Waals surface area contributed by atoms with Gasteiger partial charge in [-0.2, -0.15) is 0 Å². The van der Waals surface area contributed by atoms with Gasteiger partial charge in [0.15, 0.2) is 0 Å². The number of carboxylic acid groups (broad SMARTS) is 1. The Balaban J connectivity index is 2.59. The standard InChI is InChI=1S/C13H20N2O3/c1-14-12(13(16)17)7-8-15(2)10-5-4-6-11(9-10)18-3/h4-6,9,12,14H,7-8H2,1-3H3,(H,16,17). The molecule has 0 radical (unpaired) electrons. The van der Waals surface area contributed by atoms with Crippen molar-refractivity contribution in [1.82, 2.24) is 5.32 Å². The van der Waals surface area contributed by atoms with Crippen molar-refractivity contribution in [3.8, 4) is 5.75 Å². The Hall–Kier alpha value is -1.75. The Morgan fingerprint density at radius 1 is 1.56 bits per heavy atom. The summed E-state index contributed by atoms with van der Waals surface area (Å²) in [5.74, 6) is -0.0284. The van der Waals surface area contributed by atoms with E-state index in [0.29, 0.717) is 13.0 Å². The maximum absolute atomic E-state index is 10.9. The van der Waals surface area contributed by atoms with Crippen LogP contribution in [0.3, 0.4) is 0 Å². The summed E-state index contributed by atoms with van der Waals surface area (Å²) in [6, 6.07) is 7.17. The predicted molar refractivity (Wildman–Crippen MR) is 71.4 cm³/mol. The Labute approximate surface area is 107 Å². The van der Waals surface area contributed by atoms with Gasteiger partial charge in [-0.05, 0) is 25.6 Å². The van der Waals surface area contributed by atoms with Crippen LogP contribution in [-0.4, -0.2) is 44.9 Å². The summed E-state index contributed by atoms with van der Waals surface area (Å²) < 4.78 is 5.16. The van der Waals surface area contributed by atoms with Crippen LogP contribution in [0, 0.1) is 0 Å². The van der Waals surface area contributed by atoms with E-state index in [2.05, 4.69) is 5.32 Å². The molecule has 100 valence electrons. The highest BCUT2D eigenvalue weighted by Crippen LogP contribution is 2.20. The lowest BCUT2D eigenvalue weighted by Crippen LogP contribution is -2.37. The maximum atomic E-state index is 10.9. The third-order valence-corrected chi connectivity index (χ3v) is 2.89. The molecule has 18 heavy (non-hydrogen) atoms. The number of carbonyl (C=O) groups is 1. The Kier molecular flexibility index (Phi) is 5.45. The first-order chi connectivity index (χ1) is 8.58. The number of nitrogens with one attached hydrogen (secondary N) is 1.